The number of hydrogen-bond acceptors (Lipinski definition) is 1. The Hall–Kier alpha value is -3.79. The molecule has 0 radical (unpaired) electrons. The second-order valence-corrected chi connectivity index (χ2v) is 9.96. The van der Waals surface area contributed by atoms with Gasteiger partial charge in [0.1, 0.15) is 5.41 Å². The van der Waals surface area contributed by atoms with Crippen molar-refractivity contribution in [3.05, 3.63) is 102 Å². The molecule has 3 aromatic carbocycles. The summed E-state index contributed by atoms with van der Waals surface area (Å²) in [6.07, 6.45) is 8.96. The minimum absolute atomic E-state index is 0.0282. The first kappa shape index (κ1) is 22.7. The van der Waals surface area contributed by atoms with Crippen molar-refractivity contribution in [2.45, 2.75) is 58.0 Å². The first-order valence-corrected chi connectivity index (χ1v) is 13.3. The molecule has 0 spiro atoms. The van der Waals surface area contributed by atoms with Crippen LogP contribution in [0.2, 0.25) is 0 Å². The summed E-state index contributed by atoms with van der Waals surface area (Å²) >= 11 is 0. The number of aryl methyl sites for hydroxylation is 2. The van der Waals surface area contributed by atoms with Crippen molar-refractivity contribution in [1.82, 2.24) is 9.13 Å². The van der Waals surface area contributed by atoms with Gasteiger partial charge >= 0.3 is 0 Å². The fourth-order valence-corrected chi connectivity index (χ4v) is 6.06. The Labute approximate surface area is 212 Å². The number of carbonyl (C=O) groups excluding carboxylic acids is 1. The highest BCUT2D eigenvalue weighted by atomic mass is 16.2. The summed E-state index contributed by atoms with van der Waals surface area (Å²) in [5.41, 5.74) is 5.51. The van der Waals surface area contributed by atoms with Crippen molar-refractivity contribution in [2.75, 3.05) is 5.32 Å². The van der Waals surface area contributed by atoms with Crippen molar-refractivity contribution >= 4 is 33.4 Å². The van der Waals surface area contributed by atoms with Gasteiger partial charge in [-0.3, -0.25) is 4.79 Å². The maximum Gasteiger partial charge on any atom is 0.244 e. The highest BCUT2D eigenvalue weighted by Gasteiger charge is 2.52. The topological polar surface area (TPSA) is 39.0 Å². The summed E-state index contributed by atoms with van der Waals surface area (Å²) in [6.45, 7) is 6.32. The van der Waals surface area contributed by atoms with Gasteiger partial charge in [0.05, 0.1) is 0 Å². The highest BCUT2D eigenvalue weighted by Crippen LogP contribution is 2.52. The van der Waals surface area contributed by atoms with Crippen LogP contribution in [-0.2, 0) is 23.3 Å². The molecule has 36 heavy (non-hydrogen) atoms. The number of rotatable bonds is 8. The maximum absolute atomic E-state index is 14.4. The molecule has 0 saturated heterocycles. The third-order valence-electron chi connectivity index (χ3n) is 7.81. The van der Waals surface area contributed by atoms with E-state index in [4.69, 9.17) is 0 Å². The number of aromatic nitrogens is 2. The zero-order valence-corrected chi connectivity index (χ0v) is 21.1. The van der Waals surface area contributed by atoms with Crippen LogP contribution >= 0.6 is 0 Å². The molecule has 3 heterocycles. The zero-order chi connectivity index (χ0) is 24.7. The number of benzene rings is 3. The average Bonchev–Trinajstić information content (AvgIpc) is 3.56. The zero-order valence-electron chi connectivity index (χ0n) is 21.1. The third-order valence-corrected chi connectivity index (χ3v) is 7.81. The quantitative estimate of drug-likeness (QED) is 0.248. The van der Waals surface area contributed by atoms with Crippen LogP contribution in [-0.4, -0.2) is 15.0 Å². The Kier molecular flexibility index (Phi) is 5.67. The molecular formula is C32H33N3O. The van der Waals surface area contributed by atoms with Crippen molar-refractivity contribution < 1.29 is 4.79 Å². The average molecular weight is 476 g/mol. The van der Waals surface area contributed by atoms with E-state index < -0.39 is 5.41 Å². The van der Waals surface area contributed by atoms with E-state index in [1.54, 1.807) is 0 Å². The van der Waals surface area contributed by atoms with Gasteiger partial charge in [0.2, 0.25) is 5.91 Å². The molecule has 1 amide bonds. The van der Waals surface area contributed by atoms with E-state index in [0.717, 1.165) is 71.9 Å². The molecular weight excluding hydrogens is 442 g/mol. The van der Waals surface area contributed by atoms with Crippen LogP contribution in [0.4, 0.5) is 5.69 Å². The van der Waals surface area contributed by atoms with Crippen LogP contribution in [0.3, 0.4) is 0 Å². The molecule has 1 aliphatic rings. The van der Waals surface area contributed by atoms with E-state index in [-0.39, 0.29) is 5.91 Å². The Morgan fingerprint density at radius 2 is 1.17 bits per heavy atom. The van der Waals surface area contributed by atoms with Crippen LogP contribution in [0.5, 0.6) is 0 Å². The summed E-state index contributed by atoms with van der Waals surface area (Å²) in [5, 5.41) is 5.55. The normalized spacial score (nSPS) is 14.4. The largest absolute Gasteiger partial charge is 0.347 e. The molecule has 0 aliphatic carbocycles. The van der Waals surface area contributed by atoms with Gasteiger partial charge in [-0.15, -0.1) is 0 Å². The minimum Gasteiger partial charge on any atom is -0.347 e. The van der Waals surface area contributed by atoms with Crippen molar-refractivity contribution in [2.24, 2.45) is 0 Å². The van der Waals surface area contributed by atoms with Gasteiger partial charge < -0.3 is 14.5 Å². The first-order valence-electron chi connectivity index (χ1n) is 13.3. The highest BCUT2D eigenvalue weighted by molar-refractivity contribution is 6.15. The maximum atomic E-state index is 14.4. The van der Waals surface area contributed by atoms with E-state index in [1.807, 2.05) is 12.1 Å². The lowest BCUT2D eigenvalue weighted by Crippen LogP contribution is -2.36. The van der Waals surface area contributed by atoms with Crippen LogP contribution in [0.1, 0.15) is 56.2 Å². The lowest BCUT2D eigenvalue weighted by atomic mass is 9.70. The number of hydrogen-bond donors (Lipinski definition) is 1. The molecule has 1 N–H and O–H groups in total. The molecule has 4 nitrogen and oxygen atoms in total. The summed E-state index contributed by atoms with van der Waals surface area (Å²) < 4.78 is 4.70. The molecule has 182 valence electrons. The fourth-order valence-electron chi connectivity index (χ4n) is 6.06. The van der Waals surface area contributed by atoms with Crippen LogP contribution < -0.4 is 5.32 Å². The number of unbranched alkanes of at least 4 members (excludes halogenated alkanes) is 2. The smallest absolute Gasteiger partial charge is 0.244 e. The second-order valence-electron chi connectivity index (χ2n) is 9.96. The third kappa shape index (κ3) is 3.24. The number of anilines is 1. The Morgan fingerprint density at radius 1 is 0.667 bits per heavy atom. The molecule has 0 saturated carbocycles. The lowest BCUT2D eigenvalue weighted by molar-refractivity contribution is -0.118. The minimum atomic E-state index is -0.926. The van der Waals surface area contributed by atoms with Crippen molar-refractivity contribution in [3.63, 3.8) is 0 Å². The summed E-state index contributed by atoms with van der Waals surface area (Å²) in [4.78, 5) is 14.4. The van der Waals surface area contributed by atoms with Gasteiger partial charge in [0.25, 0.3) is 0 Å². The SMILES string of the molecule is CCCCn1cc(C2(c3cn(CCCC)c4ccccc34)C(=O)Nc3ccccc32)c2ccccc21. The molecule has 0 atom stereocenters. The molecule has 4 heteroatoms. The molecule has 5 aromatic rings. The number of nitrogens with one attached hydrogen (secondary N) is 1. The Bertz CT molecular complexity index is 1490. The van der Waals surface area contributed by atoms with Gasteiger partial charge in [-0.25, -0.2) is 0 Å². The molecule has 1 aliphatic heterocycles. The second kappa shape index (κ2) is 9.02. The fraction of sp³-hybridized carbons (Fsp3) is 0.281. The van der Waals surface area contributed by atoms with Gasteiger partial charge in [0, 0.05) is 69.7 Å². The summed E-state index contributed by atoms with van der Waals surface area (Å²) in [5.74, 6) is 0.0282. The predicted octanol–water partition coefficient (Wildman–Crippen LogP) is 7.48. The predicted molar refractivity (Wildman–Crippen MR) is 149 cm³/mol. The van der Waals surface area contributed by atoms with Crippen LogP contribution in [0.25, 0.3) is 21.8 Å². The molecule has 6 rings (SSSR count). The number of fused-ring (bicyclic) bond motifs is 3. The molecule has 0 unspecified atom stereocenters. The lowest BCUT2D eigenvalue weighted by Gasteiger charge is -2.28. The van der Waals surface area contributed by atoms with E-state index >= 15 is 0 Å². The number of nitrogens with zero attached hydrogens (tertiary/aromatic N) is 2. The van der Waals surface area contributed by atoms with Crippen molar-refractivity contribution in [3.8, 4) is 0 Å². The monoisotopic (exact) mass is 475 g/mol. The van der Waals surface area contributed by atoms with Gasteiger partial charge in [-0.2, -0.15) is 0 Å². The summed E-state index contributed by atoms with van der Waals surface area (Å²) in [7, 11) is 0. The first-order chi connectivity index (χ1) is 17.7. The number of carbonyl (C=O) groups is 1. The molecule has 0 bridgehead atoms. The van der Waals surface area contributed by atoms with E-state index in [0.29, 0.717) is 0 Å². The van der Waals surface area contributed by atoms with Crippen LogP contribution in [0.15, 0.2) is 85.2 Å². The van der Waals surface area contributed by atoms with Gasteiger partial charge in [-0.05, 0) is 31.0 Å². The van der Waals surface area contributed by atoms with Gasteiger partial charge in [-0.1, -0.05) is 81.3 Å². The van der Waals surface area contributed by atoms with Crippen LogP contribution in [0, 0.1) is 0 Å². The molecule has 2 aromatic heterocycles. The van der Waals surface area contributed by atoms with Crippen molar-refractivity contribution in [1.29, 1.82) is 0 Å². The number of amides is 1. The molecule has 0 fully saturated rings. The number of para-hydroxylation sites is 3. The van der Waals surface area contributed by atoms with Gasteiger partial charge in [0.15, 0.2) is 0 Å². The summed E-state index contributed by atoms with van der Waals surface area (Å²) in [6, 6.07) is 25.3. The van der Waals surface area contributed by atoms with E-state index in [1.165, 1.54) is 11.0 Å². The standard InChI is InChI=1S/C32H33N3O/c1-3-5-19-34-21-26(23-13-7-11-17-29(23)34)32(25-15-9-10-16-28(25)33-31(32)36)27-22-35(20-6-4-2)30-18-12-8-14-24(27)30/h7-18,21-22H,3-6,19-20H2,1-2H3,(H,33,36). The van der Waals surface area contributed by atoms with E-state index in [9.17, 15) is 4.79 Å². The Balaban J connectivity index is 1.72. The Morgan fingerprint density at radius 3 is 1.72 bits per heavy atom. The van der Waals surface area contributed by atoms with E-state index in [2.05, 4.69) is 101 Å².